The predicted molar refractivity (Wildman–Crippen MR) is 183 cm³/mol. The molecule has 2 N–H and O–H groups in total. The van der Waals surface area contributed by atoms with Crippen molar-refractivity contribution in [3.05, 3.63) is 63.6 Å². The van der Waals surface area contributed by atoms with Crippen molar-refractivity contribution in [2.45, 2.75) is 63.5 Å². The Bertz CT molecular complexity index is 1500. The number of carbonyl (C=O) groups excluding carboxylic acids is 3. The number of carboxylic acid groups (broad SMARTS) is 1. The molecule has 4 aliphatic heterocycles. The molecule has 0 aromatic heterocycles. The van der Waals surface area contributed by atoms with Crippen LogP contribution in [0.4, 0.5) is 20.1 Å². The Balaban J connectivity index is 1.06. The van der Waals surface area contributed by atoms with E-state index >= 15 is 0 Å². The Labute approximate surface area is 291 Å². The topological polar surface area (TPSA) is 123 Å². The molecule has 3 fully saturated rings. The summed E-state index contributed by atoms with van der Waals surface area (Å²) in [4.78, 5) is 58.6. The molecule has 5 amide bonds. The number of carbonyl (C=O) groups is 4. The van der Waals surface area contributed by atoms with Gasteiger partial charge in [0.1, 0.15) is 0 Å². The molecule has 2 aromatic carbocycles. The number of hydrogen-bond donors (Lipinski definition) is 2. The zero-order chi connectivity index (χ0) is 33.8. The molecule has 0 bridgehead atoms. The monoisotopic (exact) mass is 699 g/mol. The van der Waals surface area contributed by atoms with E-state index in [4.69, 9.17) is 27.9 Å². The number of likely N-dealkylation sites (tertiary alicyclic amines) is 3. The van der Waals surface area contributed by atoms with Gasteiger partial charge >= 0.3 is 18.2 Å². The smallest absolute Gasteiger partial charge is 0.410 e. The fraction of sp³-hybridized carbons (Fsp3) is 0.543. The van der Waals surface area contributed by atoms with Gasteiger partial charge in [0.25, 0.3) is 5.91 Å². The van der Waals surface area contributed by atoms with Crippen LogP contribution in [0.1, 0.15) is 49.7 Å². The summed E-state index contributed by atoms with van der Waals surface area (Å²) in [5.74, 6) is 0.647. The van der Waals surface area contributed by atoms with Gasteiger partial charge in [-0.25, -0.2) is 14.4 Å². The van der Waals surface area contributed by atoms with Gasteiger partial charge in [-0.3, -0.25) is 4.79 Å². The molecule has 4 aliphatic rings. The van der Waals surface area contributed by atoms with Crippen molar-refractivity contribution < 1.29 is 29.0 Å². The minimum absolute atomic E-state index is 0.00494. The summed E-state index contributed by atoms with van der Waals surface area (Å²) < 4.78 is 5.99. The lowest BCUT2D eigenvalue weighted by atomic mass is 9.79. The number of anilines is 1. The van der Waals surface area contributed by atoms with Gasteiger partial charge in [0.2, 0.25) is 0 Å². The number of benzene rings is 2. The molecule has 0 saturated carbocycles. The first-order chi connectivity index (χ1) is 23.2. The van der Waals surface area contributed by atoms with E-state index in [9.17, 15) is 24.3 Å². The standard InChI is InChI=1S/C35H43Cl2N5O6/c36-28-6-5-23(21-29(28)37)22-31(32(43)39-14-7-24(8-15-39)25-9-16-40(17-10-25)34(45)46)48-35(47)41-18-12-27(13-19-41)42-20-11-26-3-1-2-4-30(26)38-33(42)44/h1-6,21,24-25,27,31H,7-20,22H2,(H,38,44)(H,45,46)/t31-/m1/s1. The molecule has 3 saturated heterocycles. The van der Waals surface area contributed by atoms with E-state index < -0.39 is 18.3 Å². The van der Waals surface area contributed by atoms with E-state index in [1.54, 1.807) is 28.0 Å². The number of rotatable bonds is 6. The van der Waals surface area contributed by atoms with Gasteiger partial charge in [-0.1, -0.05) is 47.5 Å². The number of ether oxygens (including phenoxy) is 1. The Hall–Kier alpha value is -3.70. The molecule has 6 rings (SSSR count). The highest BCUT2D eigenvalue weighted by atomic mass is 35.5. The number of para-hydroxylation sites is 1. The van der Waals surface area contributed by atoms with Crippen molar-refractivity contribution in [2.75, 3.05) is 51.1 Å². The third kappa shape index (κ3) is 7.94. The second-order valence-corrected chi connectivity index (χ2v) is 14.2. The van der Waals surface area contributed by atoms with Gasteiger partial charge in [0, 0.05) is 64.0 Å². The van der Waals surface area contributed by atoms with Gasteiger partial charge < -0.3 is 34.8 Å². The van der Waals surface area contributed by atoms with Crippen LogP contribution in [-0.2, 0) is 22.4 Å². The summed E-state index contributed by atoms with van der Waals surface area (Å²) in [6, 6.07) is 12.9. The fourth-order valence-corrected chi connectivity index (χ4v) is 8.03. The number of amides is 5. The second kappa shape index (κ2) is 15.2. The van der Waals surface area contributed by atoms with Crippen molar-refractivity contribution in [3.63, 3.8) is 0 Å². The lowest BCUT2D eigenvalue weighted by molar-refractivity contribution is -0.142. The van der Waals surface area contributed by atoms with Crippen LogP contribution in [0, 0.1) is 11.8 Å². The van der Waals surface area contributed by atoms with Crippen molar-refractivity contribution >= 4 is 53.0 Å². The second-order valence-electron chi connectivity index (χ2n) is 13.3. The maximum atomic E-state index is 13.9. The minimum atomic E-state index is -1.03. The molecule has 258 valence electrons. The van der Waals surface area contributed by atoms with E-state index in [0.717, 1.165) is 48.9 Å². The van der Waals surface area contributed by atoms with Crippen molar-refractivity contribution in [3.8, 4) is 0 Å². The first-order valence-corrected chi connectivity index (χ1v) is 17.7. The number of piperidine rings is 3. The van der Waals surface area contributed by atoms with E-state index in [1.165, 1.54) is 4.90 Å². The fourth-order valence-electron chi connectivity index (χ4n) is 7.71. The first-order valence-electron chi connectivity index (χ1n) is 17.0. The SMILES string of the molecule is O=C(O)N1CCC(C2CCN(C(=O)[C@@H](Cc3ccc(Cl)c(Cl)c3)OC(=O)N3CCC(N4CCc5ccccc5NC4=O)CC3)CC2)CC1. The van der Waals surface area contributed by atoms with Crippen LogP contribution in [0.2, 0.25) is 10.0 Å². The Morgan fingerprint density at radius 1 is 0.812 bits per heavy atom. The Morgan fingerprint density at radius 3 is 2.08 bits per heavy atom. The van der Waals surface area contributed by atoms with E-state index in [2.05, 4.69) is 5.32 Å². The minimum Gasteiger partial charge on any atom is -0.465 e. The predicted octanol–water partition coefficient (Wildman–Crippen LogP) is 6.22. The van der Waals surface area contributed by atoms with Crippen LogP contribution >= 0.6 is 23.2 Å². The Kier molecular flexibility index (Phi) is 10.9. The van der Waals surface area contributed by atoms with Crippen LogP contribution < -0.4 is 5.32 Å². The lowest BCUT2D eigenvalue weighted by Gasteiger charge is -2.40. The third-order valence-corrected chi connectivity index (χ3v) is 11.3. The number of nitrogens with one attached hydrogen (secondary N) is 1. The highest BCUT2D eigenvalue weighted by Gasteiger charge is 2.37. The number of fused-ring (bicyclic) bond motifs is 1. The number of nitrogens with zero attached hydrogens (tertiary/aromatic N) is 4. The van der Waals surface area contributed by atoms with Gasteiger partial charge in [-0.05, 0) is 86.1 Å². The third-order valence-electron chi connectivity index (χ3n) is 10.6. The molecule has 0 aliphatic carbocycles. The van der Waals surface area contributed by atoms with Gasteiger partial charge in [-0.2, -0.15) is 0 Å². The van der Waals surface area contributed by atoms with Crippen LogP contribution in [0.15, 0.2) is 42.5 Å². The van der Waals surface area contributed by atoms with Crippen LogP contribution in [0.5, 0.6) is 0 Å². The molecule has 13 heteroatoms. The first kappa shape index (κ1) is 34.2. The number of urea groups is 1. The summed E-state index contributed by atoms with van der Waals surface area (Å²) >= 11 is 12.4. The van der Waals surface area contributed by atoms with Crippen molar-refractivity contribution in [2.24, 2.45) is 11.8 Å². The summed E-state index contributed by atoms with van der Waals surface area (Å²) in [6.07, 6.45) is 3.07. The van der Waals surface area contributed by atoms with Gasteiger partial charge in [0.05, 0.1) is 10.0 Å². The maximum Gasteiger partial charge on any atom is 0.410 e. The van der Waals surface area contributed by atoms with Crippen LogP contribution in [0.25, 0.3) is 0 Å². The summed E-state index contributed by atoms with van der Waals surface area (Å²) in [7, 11) is 0. The zero-order valence-corrected chi connectivity index (χ0v) is 28.5. The van der Waals surface area contributed by atoms with Gasteiger partial charge in [0.15, 0.2) is 6.10 Å². The zero-order valence-electron chi connectivity index (χ0n) is 27.0. The van der Waals surface area contributed by atoms with E-state index in [-0.39, 0.29) is 24.4 Å². The number of hydrogen-bond acceptors (Lipinski definition) is 5. The number of halogens is 2. The molecular weight excluding hydrogens is 657 g/mol. The molecule has 0 radical (unpaired) electrons. The highest BCUT2D eigenvalue weighted by molar-refractivity contribution is 6.42. The lowest BCUT2D eigenvalue weighted by Crippen LogP contribution is -2.52. The normalized spacial score (nSPS) is 20.5. The highest BCUT2D eigenvalue weighted by Crippen LogP contribution is 2.33. The molecule has 2 aromatic rings. The molecule has 4 heterocycles. The summed E-state index contributed by atoms with van der Waals surface area (Å²) in [6.45, 7) is 3.67. The molecule has 11 nitrogen and oxygen atoms in total. The van der Waals surface area contributed by atoms with Crippen LogP contribution in [0.3, 0.4) is 0 Å². The maximum absolute atomic E-state index is 13.9. The molecular formula is C35H43Cl2N5O6. The molecule has 0 unspecified atom stereocenters. The van der Waals surface area contributed by atoms with Gasteiger partial charge in [-0.15, -0.1) is 0 Å². The van der Waals surface area contributed by atoms with Crippen LogP contribution in [-0.4, -0.2) is 107 Å². The van der Waals surface area contributed by atoms with E-state index in [1.807, 2.05) is 29.2 Å². The largest absolute Gasteiger partial charge is 0.465 e. The van der Waals surface area contributed by atoms with E-state index in [0.29, 0.717) is 80.5 Å². The average molecular weight is 701 g/mol. The quantitative estimate of drug-likeness (QED) is 0.369. The average Bonchev–Trinajstić information content (AvgIpc) is 3.27. The molecule has 48 heavy (non-hydrogen) atoms. The Morgan fingerprint density at radius 2 is 1.44 bits per heavy atom. The van der Waals surface area contributed by atoms with Crippen molar-refractivity contribution in [1.82, 2.24) is 19.6 Å². The van der Waals surface area contributed by atoms with Crippen molar-refractivity contribution in [1.29, 1.82) is 0 Å². The summed E-state index contributed by atoms with van der Waals surface area (Å²) in [5.41, 5.74) is 2.69. The molecule has 1 atom stereocenters. The summed E-state index contributed by atoms with van der Waals surface area (Å²) in [5, 5.41) is 13.1. The molecule has 0 spiro atoms.